The van der Waals surface area contributed by atoms with Crippen molar-refractivity contribution in [2.45, 2.75) is 32.2 Å². The van der Waals surface area contributed by atoms with Gasteiger partial charge < -0.3 is 14.7 Å². The third-order valence-electron chi connectivity index (χ3n) is 4.87. The first kappa shape index (κ1) is 16.1. The Kier molecular flexibility index (Phi) is 4.48. The van der Waals surface area contributed by atoms with Crippen LogP contribution in [0.4, 0.5) is 0 Å². The maximum absolute atomic E-state index is 12.8. The summed E-state index contributed by atoms with van der Waals surface area (Å²) in [5.74, 6) is -0.843. The second-order valence-electron chi connectivity index (χ2n) is 6.32. The molecule has 3 atom stereocenters. The molecular formula is C17H20ClNO4. The largest absolute Gasteiger partial charge is 0.492 e. The Labute approximate surface area is 140 Å². The second-order valence-corrected chi connectivity index (χ2v) is 6.76. The molecule has 1 aromatic carbocycles. The predicted octanol–water partition coefficient (Wildman–Crippen LogP) is 2.60. The molecule has 1 aromatic rings. The number of aliphatic carboxylic acids is 1. The molecule has 0 bridgehead atoms. The molecule has 1 saturated heterocycles. The minimum Gasteiger partial charge on any atom is -0.492 e. The van der Waals surface area contributed by atoms with E-state index in [0.717, 1.165) is 17.7 Å². The van der Waals surface area contributed by atoms with Crippen LogP contribution in [-0.4, -0.2) is 41.1 Å². The van der Waals surface area contributed by atoms with Gasteiger partial charge in [0.15, 0.2) is 0 Å². The summed E-state index contributed by atoms with van der Waals surface area (Å²) in [5.41, 5.74) is 0.932. The summed E-state index contributed by atoms with van der Waals surface area (Å²) in [4.78, 5) is 25.9. The fraction of sp³-hybridized carbons (Fsp3) is 0.529. The molecule has 6 heteroatoms. The van der Waals surface area contributed by atoms with Crippen molar-refractivity contribution in [1.29, 1.82) is 0 Å². The van der Waals surface area contributed by atoms with Gasteiger partial charge in [-0.05, 0) is 49.9 Å². The zero-order valence-electron chi connectivity index (χ0n) is 13.0. The van der Waals surface area contributed by atoms with Crippen molar-refractivity contribution in [2.24, 2.45) is 11.8 Å². The fourth-order valence-corrected chi connectivity index (χ4v) is 3.74. The van der Waals surface area contributed by atoms with Crippen LogP contribution in [0.15, 0.2) is 18.2 Å². The van der Waals surface area contributed by atoms with Crippen LogP contribution in [-0.2, 0) is 16.0 Å². The van der Waals surface area contributed by atoms with E-state index in [2.05, 4.69) is 0 Å². The lowest BCUT2D eigenvalue weighted by molar-refractivity contribution is -0.151. The first-order valence-electron chi connectivity index (χ1n) is 7.92. The summed E-state index contributed by atoms with van der Waals surface area (Å²) in [7, 11) is 0. The van der Waals surface area contributed by atoms with E-state index in [1.807, 2.05) is 19.1 Å². The molecule has 2 aliphatic heterocycles. The standard InChI is InChI=1S/C17H20ClNO4/c1-10-14(17(21)22)3-2-6-19(10)16(20)12-7-11-8-13(18)4-5-15(11)23-9-12/h4-5,8,10,12,14H,2-3,6-7,9H2,1H3,(H,21,22)/t10-,12?,14-/m1/s1. The van der Waals surface area contributed by atoms with Crippen molar-refractivity contribution in [3.63, 3.8) is 0 Å². The zero-order chi connectivity index (χ0) is 16.6. The smallest absolute Gasteiger partial charge is 0.308 e. The van der Waals surface area contributed by atoms with E-state index >= 15 is 0 Å². The minimum absolute atomic E-state index is 0.0194. The molecular weight excluding hydrogens is 318 g/mol. The number of fused-ring (bicyclic) bond motifs is 1. The van der Waals surface area contributed by atoms with Crippen molar-refractivity contribution in [3.8, 4) is 5.75 Å². The lowest BCUT2D eigenvalue weighted by atomic mass is 9.88. The number of hydrogen-bond acceptors (Lipinski definition) is 3. The van der Waals surface area contributed by atoms with Gasteiger partial charge in [0.25, 0.3) is 0 Å². The number of benzene rings is 1. The average molecular weight is 338 g/mol. The maximum atomic E-state index is 12.8. The van der Waals surface area contributed by atoms with E-state index in [-0.39, 0.29) is 17.9 Å². The van der Waals surface area contributed by atoms with Crippen LogP contribution in [0.25, 0.3) is 0 Å². The van der Waals surface area contributed by atoms with E-state index in [1.165, 1.54) is 0 Å². The quantitative estimate of drug-likeness (QED) is 0.900. The number of likely N-dealkylation sites (tertiary alicyclic amines) is 1. The van der Waals surface area contributed by atoms with Crippen LogP contribution in [0.3, 0.4) is 0 Å². The monoisotopic (exact) mass is 337 g/mol. The molecule has 1 amide bonds. The third kappa shape index (κ3) is 3.15. The molecule has 1 fully saturated rings. The lowest BCUT2D eigenvalue weighted by Gasteiger charge is -2.40. The topological polar surface area (TPSA) is 66.8 Å². The van der Waals surface area contributed by atoms with Crippen molar-refractivity contribution >= 4 is 23.5 Å². The highest BCUT2D eigenvalue weighted by Gasteiger charge is 2.38. The molecule has 2 aliphatic rings. The summed E-state index contributed by atoms with van der Waals surface area (Å²) >= 11 is 6.01. The number of halogens is 1. The molecule has 3 rings (SSSR count). The Morgan fingerprint density at radius 2 is 2.17 bits per heavy atom. The van der Waals surface area contributed by atoms with E-state index < -0.39 is 11.9 Å². The third-order valence-corrected chi connectivity index (χ3v) is 5.10. The SMILES string of the molecule is C[C@@H]1[C@H](C(=O)O)CCCN1C(=O)C1COc2ccc(Cl)cc2C1. The van der Waals surface area contributed by atoms with Gasteiger partial charge in [-0.3, -0.25) is 9.59 Å². The number of carboxylic acids is 1. The van der Waals surface area contributed by atoms with E-state index in [1.54, 1.807) is 11.0 Å². The molecule has 5 nitrogen and oxygen atoms in total. The highest BCUT2D eigenvalue weighted by molar-refractivity contribution is 6.30. The number of carbonyl (C=O) groups excluding carboxylic acids is 1. The van der Waals surface area contributed by atoms with Gasteiger partial charge in [-0.2, -0.15) is 0 Å². The Bertz CT molecular complexity index is 633. The van der Waals surface area contributed by atoms with Gasteiger partial charge in [0.1, 0.15) is 12.4 Å². The zero-order valence-corrected chi connectivity index (χ0v) is 13.8. The number of amides is 1. The van der Waals surface area contributed by atoms with Gasteiger partial charge in [0, 0.05) is 17.6 Å². The number of carbonyl (C=O) groups is 2. The summed E-state index contributed by atoms with van der Waals surface area (Å²) in [6.07, 6.45) is 1.93. The second kappa shape index (κ2) is 6.40. The van der Waals surface area contributed by atoms with Gasteiger partial charge >= 0.3 is 5.97 Å². The van der Waals surface area contributed by atoms with Crippen molar-refractivity contribution < 1.29 is 19.4 Å². The molecule has 0 radical (unpaired) electrons. The molecule has 1 N–H and O–H groups in total. The van der Waals surface area contributed by atoms with Crippen LogP contribution < -0.4 is 4.74 Å². The molecule has 0 spiro atoms. The summed E-state index contributed by atoms with van der Waals surface area (Å²) in [6, 6.07) is 5.14. The van der Waals surface area contributed by atoms with Crippen molar-refractivity contribution in [2.75, 3.05) is 13.2 Å². The van der Waals surface area contributed by atoms with E-state index in [0.29, 0.717) is 31.0 Å². The molecule has 124 valence electrons. The number of carboxylic acid groups (broad SMARTS) is 1. The Balaban J connectivity index is 1.75. The number of rotatable bonds is 2. The molecule has 23 heavy (non-hydrogen) atoms. The van der Waals surface area contributed by atoms with Crippen LogP contribution in [0.2, 0.25) is 5.02 Å². The molecule has 0 saturated carbocycles. The van der Waals surface area contributed by atoms with Gasteiger partial charge in [0.05, 0.1) is 11.8 Å². The van der Waals surface area contributed by atoms with Crippen LogP contribution in [0.1, 0.15) is 25.3 Å². The number of hydrogen-bond donors (Lipinski definition) is 1. The van der Waals surface area contributed by atoms with Crippen LogP contribution >= 0.6 is 11.6 Å². The summed E-state index contributed by atoms with van der Waals surface area (Å²) in [6.45, 7) is 2.77. The van der Waals surface area contributed by atoms with E-state index in [4.69, 9.17) is 16.3 Å². The summed E-state index contributed by atoms with van der Waals surface area (Å²) in [5, 5.41) is 9.92. The van der Waals surface area contributed by atoms with Crippen LogP contribution in [0, 0.1) is 11.8 Å². The number of ether oxygens (including phenoxy) is 1. The van der Waals surface area contributed by atoms with Gasteiger partial charge in [0.2, 0.25) is 5.91 Å². The predicted molar refractivity (Wildman–Crippen MR) is 85.7 cm³/mol. The molecule has 2 heterocycles. The first-order chi connectivity index (χ1) is 11.0. The average Bonchev–Trinajstić information content (AvgIpc) is 2.53. The first-order valence-corrected chi connectivity index (χ1v) is 8.29. The molecule has 0 aliphatic carbocycles. The Morgan fingerprint density at radius 3 is 2.91 bits per heavy atom. The molecule has 0 aromatic heterocycles. The van der Waals surface area contributed by atoms with Crippen molar-refractivity contribution in [1.82, 2.24) is 4.90 Å². The minimum atomic E-state index is -0.827. The van der Waals surface area contributed by atoms with Crippen molar-refractivity contribution in [3.05, 3.63) is 28.8 Å². The molecule has 1 unspecified atom stereocenters. The number of piperidine rings is 1. The number of nitrogens with zero attached hydrogens (tertiary/aromatic N) is 1. The Hall–Kier alpha value is -1.75. The normalized spacial score (nSPS) is 27.0. The van der Waals surface area contributed by atoms with Gasteiger partial charge in [-0.1, -0.05) is 11.6 Å². The van der Waals surface area contributed by atoms with E-state index in [9.17, 15) is 14.7 Å². The maximum Gasteiger partial charge on any atom is 0.308 e. The highest BCUT2D eigenvalue weighted by Crippen LogP contribution is 2.32. The van der Waals surface area contributed by atoms with Gasteiger partial charge in [-0.25, -0.2) is 0 Å². The Morgan fingerprint density at radius 1 is 1.39 bits per heavy atom. The van der Waals surface area contributed by atoms with Crippen LogP contribution in [0.5, 0.6) is 5.75 Å². The lowest BCUT2D eigenvalue weighted by Crippen LogP contribution is -2.52. The highest BCUT2D eigenvalue weighted by atomic mass is 35.5. The fourth-order valence-electron chi connectivity index (χ4n) is 3.54. The summed E-state index contributed by atoms with van der Waals surface area (Å²) < 4.78 is 5.69. The van der Waals surface area contributed by atoms with Gasteiger partial charge in [-0.15, -0.1) is 0 Å².